The van der Waals surface area contributed by atoms with Gasteiger partial charge in [-0.25, -0.2) is 9.97 Å². The average Bonchev–Trinajstić information content (AvgIpc) is 2.29. The highest BCUT2D eigenvalue weighted by Gasteiger charge is 2.19. The summed E-state index contributed by atoms with van der Waals surface area (Å²) in [6.07, 6.45) is 2.21. The zero-order valence-corrected chi connectivity index (χ0v) is 14.3. The van der Waals surface area contributed by atoms with Gasteiger partial charge in [0.05, 0.1) is 0 Å². The number of nitrogens with one attached hydrogen (secondary N) is 1. The molecule has 0 saturated carbocycles. The van der Waals surface area contributed by atoms with Crippen molar-refractivity contribution in [2.45, 2.75) is 66.7 Å². The first-order valence-electron chi connectivity index (χ1n) is 7.77. The number of rotatable bonds is 6. The van der Waals surface area contributed by atoms with Gasteiger partial charge in [-0.05, 0) is 51.3 Å². The molecule has 0 aliphatic carbocycles. The normalized spacial score (nSPS) is 12.2. The summed E-state index contributed by atoms with van der Waals surface area (Å²) >= 11 is 0. The monoisotopic (exact) mass is 277 g/mol. The van der Waals surface area contributed by atoms with Crippen molar-refractivity contribution >= 4 is 0 Å². The van der Waals surface area contributed by atoms with Gasteiger partial charge in [0, 0.05) is 16.8 Å². The van der Waals surface area contributed by atoms with Crippen LogP contribution in [0.3, 0.4) is 0 Å². The Morgan fingerprint density at radius 2 is 1.60 bits per heavy atom. The van der Waals surface area contributed by atoms with Gasteiger partial charge in [-0.15, -0.1) is 0 Å². The smallest absolute Gasteiger partial charge is 0.134 e. The van der Waals surface area contributed by atoms with Gasteiger partial charge in [0.1, 0.15) is 5.82 Å². The van der Waals surface area contributed by atoms with Crippen molar-refractivity contribution in [3.63, 3.8) is 0 Å². The molecule has 1 heterocycles. The van der Waals surface area contributed by atoms with Crippen molar-refractivity contribution in [3.05, 3.63) is 22.8 Å². The lowest BCUT2D eigenvalue weighted by atomic mass is 9.94. The molecule has 0 bridgehead atoms. The van der Waals surface area contributed by atoms with Crippen molar-refractivity contribution < 1.29 is 0 Å². The Hall–Kier alpha value is -0.960. The predicted molar refractivity (Wildman–Crippen MR) is 86.2 cm³/mol. The second-order valence-electron chi connectivity index (χ2n) is 7.15. The molecule has 114 valence electrons. The molecule has 0 aliphatic heterocycles. The van der Waals surface area contributed by atoms with Crippen LogP contribution in [-0.2, 0) is 11.8 Å². The minimum Gasteiger partial charge on any atom is -0.316 e. The molecule has 0 saturated heterocycles. The Balaban J connectivity index is 2.63. The lowest BCUT2D eigenvalue weighted by Gasteiger charge is -2.19. The maximum absolute atomic E-state index is 4.70. The maximum Gasteiger partial charge on any atom is 0.134 e. The van der Waals surface area contributed by atoms with E-state index in [1.165, 1.54) is 5.56 Å². The van der Waals surface area contributed by atoms with E-state index >= 15 is 0 Å². The van der Waals surface area contributed by atoms with Crippen LogP contribution in [0.4, 0.5) is 0 Å². The molecule has 0 unspecified atom stereocenters. The highest BCUT2D eigenvalue weighted by molar-refractivity contribution is 5.26. The third-order valence-electron chi connectivity index (χ3n) is 3.42. The zero-order valence-electron chi connectivity index (χ0n) is 14.3. The molecular formula is C17H31N3. The lowest BCUT2D eigenvalue weighted by molar-refractivity contribution is 0.533. The van der Waals surface area contributed by atoms with Gasteiger partial charge in [0.15, 0.2) is 0 Å². The van der Waals surface area contributed by atoms with Crippen molar-refractivity contribution in [2.75, 3.05) is 13.1 Å². The van der Waals surface area contributed by atoms with E-state index in [0.717, 1.165) is 43.1 Å². The van der Waals surface area contributed by atoms with Crippen LogP contribution < -0.4 is 5.32 Å². The van der Waals surface area contributed by atoms with Gasteiger partial charge in [0.2, 0.25) is 0 Å². The number of aromatic nitrogens is 2. The fourth-order valence-electron chi connectivity index (χ4n) is 2.22. The van der Waals surface area contributed by atoms with Gasteiger partial charge in [-0.1, -0.05) is 34.6 Å². The molecular weight excluding hydrogens is 246 g/mol. The average molecular weight is 277 g/mol. The number of aryl methyl sites for hydroxylation is 2. The Bertz CT molecular complexity index is 407. The summed E-state index contributed by atoms with van der Waals surface area (Å²) in [6, 6.07) is 0. The van der Waals surface area contributed by atoms with E-state index in [9.17, 15) is 0 Å². The number of hydrogen-bond donors (Lipinski definition) is 1. The first kappa shape index (κ1) is 17.1. The van der Waals surface area contributed by atoms with Gasteiger partial charge in [-0.2, -0.15) is 0 Å². The van der Waals surface area contributed by atoms with Crippen molar-refractivity contribution in [1.29, 1.82) is 0 Å². The van der Waals surface area contributed by atoms with Crippen LogP contribution in [0.25, 0.3) is 0 Å². The van der Waals surface area contributed by atoms with E-state index in [-0.39, 0.29) is 5.41 Å². The van der Waals surface area contributed by atoms with Gasteiger partial charge in [-0.3, -0.25) is 0 Å². The van der Waals surface area contributed by atoms with E-state index in [0.29, 0.717) is 5.92 Å². The third kappa shape index (κ3) is 5.20. The van der Waals surface area contributed by atoms with Crippen LogP contribution in [-0.4, -0.2) is 23.1 Å². The Kier molecular flexibility index (Phi) is 6.12. The summed E-state index contributed by atoms with van der Waals surface area (Å²) in [4.78, 5) is 9.40. The molecule has 1 N–H and O–H groups in total. The maximum atomic E-state index is 4.70. The standard InChI is InChI=1S/C17H31N3/c1-12(2)11-18-10-8-9-15-13(3)19-16(17(5,6)7)20-14(15)4/h12,18H,8-11H2,1-7H3. The second-order valence-corrected chi connectivity index (χ2v) is 7.15. The van der Waals surface area contributed by atoms with Crippen molar-refractivity contribution in [3.8, 4) is 0 Å². The van der Waals surface area contributed by atoms with E-state index in [1.54, 1.807) is 0 Å². The first-order valence-corrected chi connectivity index (χ1v) is 7.77. The molecule has 0 amide bonds. The summed E-state index contributed by atoms with van der Waals surface area (Å²) in [7, 11) is 0. The fraction of sp³-hybridized carbons (Fsp3) is 0.765. The van der Waals surface area contributed by atoms with Crippen LogP contribution in [0, 0.1) is 19.8 Å². The van der Waals surface area contributed by atoms with E-state index in [1.807, 2.05) is 0 Å². The first-order chi connectivity index (χ1) is 9.21. The number of nitrogens with zero attached hydrogens (tertiary/aromatic N) is 2. The molecule has 3 nitrogen and oxygen atoms in total. The molecule has 0 fully saturated rings. The van der Waals surface area contributed by atoms with Crippen molar-refractivity contribution in [1.82, 2.24) is 15.3 Å². The highest BCUT2D eigenvalue weighted by Crippen LogP contribution is 2.21. The Morgan fingerprint density at radius 3 is 2.05 bits per heavy atom. The largest absolute Gasteiger partial charge is 0.316 e. The SMILES string of the molecule is Cc1nc(C(C)(C)C)nc(C)c1CCCNCC(C)C. The topological polar surface area (TPSA) is 37.8 Å². The molecule has 0 aliphatic rings. The molecule has 1 aromatic rings. The minimum absolute atomic E-state index is 0.0207. The molecule has 20 heavy (non-hydrogen) atoms. The van der Waals surface area contributed by atoms with Crippen LogP contribution in [0.2, 0.25) is 0 Å². The predicted octanol–water partition coefficient (Wildman–Crippen LogP) is 3.57. The van der Waals surface area contributed by atoms with E-state index in [4.69, 9.17) is 9.97 Å². The summed E-state index contributed by atoms with van der Waals surface area (Å²) in [5.74, 6) is 1.67. The van der Waals surface area contributed by atoms with Gasteiger partial charge < -0.3 is 5.32 Å². The lowest BCUT2D eigenvalue weighted by Crippen LogP contribution is -2.22. The summed E-state index contributed by atoms with van der Waals surface area (Å²) in [6.45, 7) is 17.3. The molecule has 0 atom stereocenters. The Labute approximate surface area is 124 Å². The van der Waals surface area contributed by atoms with Crippen molar-refractivity contribution in [2.24, 2.45) is 5.92 Å². The van der Waals surface area contributed by atoms with E-state index in [2.05, 4.69) is 53.8 Å². The summed E-state index contributed by atoms with van der Waals surface area (Å²) < 4.78 is 0. The Morgan fingerprint density at radius 1 is 1.05 bits per heavy atom. The third-order valence-corrected chi connectivity index (χ3v) is 3.42. The van der Waals surface area contributed by atoms with Crippen LogP contribution >= 0.6 is 0 Å². The second kappa shape index (κ2) is 7.16. The molecule has 0 spiro atoms. The number of hydrogen-bond acceptors (Lipinski definition) is 3. The van der Waals surface area contributed by atoms with Crippen LogP contribution in [0.1, 0.15) is 63.8 Å². The molecule has 1 aromatic heterocycles. The molecule has 0 aromatic carbocycles. The van der Waals surface area contributed by atoms with Gasteiger partial charge in [0.25, 0.3) is 0 Å². The molecule has 0 radical (unpaired) electrons. The molecule has 3 heteroatoms. The summed E-state index contributed by atoms with van der Waals surface area (Å²) in [5, 5.41) is 3.49. The summed E-state index contributed by atoms with van der Waals surface area (Å²) in [5.41, 5.74) is 3.63. The highest BCUT2D eigenvalue weighted by atomic mass is 14.9. The van der Waals surface area contributed by atoms with Gasteiger partial charge >= 0.3 is 0 Å². The van der Waals surface area contributed by atoms with Crippen LogP contribution in [0.15, 0.2) is 0 Å². The minimum atomic E-state index is 0.0207. The van der Waals surface area contributed by atoms with E-state index < -0.39 is 0 Å². The fourth-order valence-corrected chi connectivity index (χ4v) is 2.22. The molecule has 1 rings (SSSR count). The quantitative estimate of drug-likeness (QED) is 0.808. The zero-order chi connectivity index (χ0) is 15.3. The van der Waals surface area contributed by atoms with Crippen LogP contribution in [0.5, 0.6) is 0 Å².